The van der Waals surface area contributed by atoms with E-state index in [2.05, 4.69) is 25.6 Å². The summed E-state index contributed by atoms with van der Waals surface area (Å²) in [6.45, 7) is 1.76. The number of aliphatic hydroxyl groups is 1. The predicted octanol–water partition coefficient (Wildman–Crippen LogP) is 2.50. The molecule has 0 aromatic heterocycles. The number of carboxylic acids is 1. The number of sulfonamides is 1. The minimum Gasteiger partial charge on any atom is -0.506 e. The van der Waals surface area contributed by atoms with E-state index >= 15 is 0 Å². The Hall–Kier alpha value is -4.92. The van der Waals surface area contributed by atoms with Crippen molar-refractivity contribution in [2.45, 2.75) is 37.5 Å². The molecule has 4 aromatic rings. The first kappa shape index (κ1) is 33.4. The van der Waals surface area contributed by atoms with Crippen molar-refractivity contribution < 1.29 is 28.5 Å². The Bertz CT molecular complexity index is 1880. The zero-order valence-corrected chi connectivity index (χ0v) is 26.5. The van der Waals surface area contributed by atoms with Gasteiger partial charge in [-0.05, 0) is 60.4 Å². The van der Waals surface area contributed by atoms with Crippen LogP contribution >= 0.6 is 0 Å². The number of benzene rings is 3. The largest absolute Gasteiger partial charge is 0.506 e. The fourth-order valence-electron chi connectivity index (χ4n) is 5.55. The Kier molecular flexibility index (Phi) is 10.1. The van der Waals surface area contributed by atoms with E-state index in [-0.39, 0.29) is 41.8 Å². The maximum Gasteiger partial charge on any atom is 0.326 e. The van der Waals surface area contributed by atoms with Crippen LogP contribution in [0.2, 0.25) is 0 Å². The summed E-state index contributed by atoms with van der Waals surface area (Å²) in [6.07, 6.45) is 1.84. The van der Waals surface area contributed by atoms with Gasteiger partial charge in [-0.25, -0.2) is 13.2 Å². The molecule has 0 unspecified atom stereocenters. The highest BCUT2D eigenvalue weighted by Gasteiger charge is 2.27. The highest BCUT2D eigenvalue weighted by molar-refractivity contribution is 7.92. The number of phenols is 1. The summed E-state index contributed by atoms with van der Waals surface area (Å²) in [5, 5.41) is 39.4. The maximum atomic E-state index is 12.4. The molecule has 0 spiro atoms. The summed E-state index contributed by atoms with van der Waals surface area (Å²) in [7, 11) is -3.59. The maximum absolute atomic E-state index is 12.4. The van der Waals surface area contributed by atoms with Crippen molar-refractivity contribution >= 4 is 44.4 Å². The summed E-state index contributed by atoms with van der Waals surface area (Å²) in [5.41, 5.74) is 1.32. The van der Waals surface area contributed by atoms with Crippen LogP contribution in [0.25, 0.3) is 0 Å². The minimum absolute atomic E-state index is 0.00541. The lowest BCUT2D eigenvalue weighted by molar-refractivity contribution is -0.137. The number of carbonyl (C=O) groups is 1. The van der Waals surface area contributed by atoms with Gasteiger partial charge in [-0.2, -0.15) is 0 Å². The van der Waals surface area contributed by atoms with Crippen LogP contribution in [0, 0.1) is 0 Å². The van der Waals surface area contributed by atoms with Gasteiger partial charge in [-0.15, -0.1) is 0 Å². The molecule has 1 aliphatic rings. The Morgan fingerprint density at radius 1 is 0.957 bits per heavy atom. The van der Waals surface area contributed by atoms with Gasteiger partial charge in [0.1, 0.15) is 23.2 Å². The number of nitrogens with one attached hydrogen (secondary N) is 4. The van der Waals surface area contributed by atoms with Crippen LogP contribution in [0.3, 0.4) is 0 Å². The van der Waals surface area contributed by atoms with E-state index in [1.807, 2.05) is 18.2 Å². The van der Waals surface area contributed by atoms with Crippen LogP contribution in [0.1, 0.15) is 30.1 Å². The van der Waals surface area contributed by atoms with Gasteiger partial charge in [0.05, 0.1) is 18.0 Å². The van der Waals surface area contributed by atoms with Crippen LogP contribution in [-0.4, -0.2) is 67.7 Å². The molecule has 1 saturated heterocycles. The monoisotopic (exact) mass is 663 g/mol. The second kappa shape index (κ2) is 14.2. The number of carboxylic acid groups (broad SMARTS) is 1. The number of aliphatic carboxylic acids is 1. The molecule has 1 fully saturated rings. The van der Waals surface area contributed by atoms with E-state index < -0.39 is 39.0 Å². The number of anilines is 5. The molecule has 0 saturated carbocycles. The number of hydrogen-bond acceptors (Lipinski definition) is 11. The Morgan fingerprint density at radius 2 is 1.62 bits per heavy atom. The first-order valence-corrected chi connectivity index (χ1v) is 17.0. The molecule has 2 atom stereocenters. The van der Waals surface area contributed by atoms with Crippen molar-refractivity contribution in [3.05, 3.63) is 104 Å². The molecule has 47 heavy (non-hydrogen) atoms. The number of phenolic OH excluding ortho intramolecular Hbond substituents is 1. The van der Waals surface area contributed by atoms with Crippen LogP contribution in [-0.2, 0) is 21.2 Å². The Balaban J connectivity index is 1.13. The zero-order chi connectivity index (χ0) is 33.7. The first-order chi connectivity index (χ1) is 22.4. The smallest absolute Gasteiger partial charge is 0.326 e. The summed E-state index contributed by atoms with van der Waals surface area (Å²) in [4.78, 5) is 38.8. The summed E-state index contributed by atoms with van der Waals surface area (Å²) < 4.78 is 25.3. The van der Waals surface area contributed by atoms with E-state index in [9.17, 15) is 38.1 Å². The molecular formula is C33H37N5O8S. The van der Waals surface area contributed by atoms with Gasteiger partial charge in [0.15, 0.2) is 0 Å². The molecule has 0 amide bonds. The van der Waals surface area contributed by atoms with Crippen molar-refractivity contribution in [1.82, 2.24) is 5.32 Å². The quantitative estimate of drug-likeness (QED) is 0.0770. The third-order valence-corrected chi connectivity index (χ3v) is 8.70. The predicted molar refractivity (Wildman–Crippen MR) is 181 cm³/mol. The van der Waals surface area contributed by atoms with Gasteiger partial charge in [-0.3, -0.25) is 14.3 Å². The van der Waals surface area contributed by atoms with E-state index in [0.717, 1.165) is 43.4 Å². The Labute approximate surface area is 271 Å². The third-order valence-electron chi connectivity index (χ3n) is 8.11. The van der Waals surface area contributed by atoms with Gasteiger partial charge in [0.25, 0.3) is 10.9 Å². The number of hydrogen-bond donors (Lipinski definition) is 7. The molecule has 4 aromatic carbocycles. The van der Waals surface area contributed by atoms with Crippen molar-refractivity contribution in [3.63, 3.8) is 0 Å². The van der Waals surface area contributed by atoms with Crippen molar-refractivity contribution in [2.75, 3.05) is 46.1 Å². The molecule has 0 radical (unpaired) electrons. The SMILES string of the molecule is CS(=O)(=O)Nc1cc([C@H](O)CNC2CCN(c3ccc(Nc4c(N[C@H](Cc5ccccc5)C(=O)O)c(=O)c4=O)cc3)CC2)ccc1O. The number of aromatic hydroxyl groups is 1. The normalized spacial score (nSPS) is 15.2. The summed E-state index contributed by atoms with van der Waals surface area (Å²) >= 11 is 0. The van der Waals surface area contributed by atoms with E-state index in [1.165, 1.54) is 12.1 Å². The first-order valence-electron chi connectivity index (χ1n) is 15.1. The molecule has 1 aliphatic heterocycles. The zero-order valence-electron chi connectivity index (χ0n) is 25.6. The second-order valence-corrected chi connectivity index (χ2v) is 13.4. The van der Waals surface area contributed by atoms with E-state index in [4.69, 9.17) is 0 Å². The highest BCUT2D eigenvalue weighted by Crippen LogP contribution is 2.29. The standard InChI is InChI=1S/C33H37N5O8S/c1-47(45,46)37-25-18-21(7-12-27(25)39)28(40)19-34-22-13-15-38(16-14-22)24-10-8-23(9-11-24)35-29-30(32(42)31(29)41)36-26(33(43)44)17-20-5-3-2-4-6-20/h2-12,18,22,26,28,34-37,39-40H,13-17,19H2,1H3,(H,43,44)/t26-,28-/m1/s1. The van der Waals surface area contributed by atoms with Gasteiger partial charge < -0.3 is 36.2 Å². The molecule has 0 aliphatic carbocycles. The lowest BCUT2D eigenvalue weighted by atomic mass is 10.0. The highest BCUT2D eigenvalue weighted by atomic mass is 32.2. The van der Waals surface area contributed by atoms with Crippen molar-refractivity contribution in [2.24, 2.45) is 0 Å². The Morgan fingerprint density at radius 3 is 2.26 bits per heavy atom. The lowest BCUT2D eigenvalue weighted by Crippen LogP contribution is -2.43. The van der Waals surface area contributed by atoms with Gasteiger partial charge in [0, 0.05) is 43.5 Å². The van der Waals surface area contributed by atoms with Gasteiger partial charge in [0.2, 0.25) is 10.0 Å². The number of aliphatic hydroxyl groups excluding tert-OH is 1. The van der Waals surface area contributed by atoms with E-state index in [1.54, 1.807) is 42.5 Å². The molecule has 1 heterocycles. The van der Waals surface area contributed by atoms with Crippen LogP contribution < -0.4 is 36.4 Å². The molecule has 5 rings (SSSR count). The molecule has 14 heteroatoms. The average Bonchev–Trinajstić information content (AvgIpc) is 3.05. The fraction of sp³-hybridized carbons (Fsp3) is 0.303. The van der Waals surface area contributed by atoms with Crippen molar-refractivity contribution in [3.8, 4) is 5.75 Å². The molecule has 13 nitrogen and oxygen atoms in total. The summed E-state index contributed by atoms with van der Waals surface area (Å²) in [6, 6.07) is 19.8. The third kappa shape index (κ3) is 8.47. The molecule has 0 bridgehead atoms. The lowest BCUT2D eigenvalue weighted by Gasteiger charge is -2.34. The molecule has 248 valence electrons. The number of rotatable bonds is 14. The van der Waals surface area contributed by atoms with Crippen LogP contribution in [0.15, 0.2) is 82.4 Å². The number of nitrogens with zero attached hydrogens (tertiary/aromatic N) is 1. The average molecular weight is 664 g/mol. The van der Waals surface area contributed by atoms with Crippen molar-refractivity contribution in [1.29, 1.82) is 0 Å². The van der Waals surface area contributed by atoms with E-state index in [0.29, 0.717) is 11.3 Å². The molecular weight excluding hydrogens is 626 g/mol. The molecule has 7 N–H and O–H groups in total. The van der Waals surface area contributed by atoms with Crippen LogP contribution in [0.5, 0.6) is 5.75 Å². The second-order valence-electron chi connectivity index (χ2n) is 11.6. The van der Waals surface area contributed by atoms with Crippen LogP contribution in [0.4, 0.5) is 28.4 Å². The topological polar surface area (TPSA) is 197 Å². The van der Waals surface area contributed by atoms with Gasteiger partial charge >= 0.3 is 5.97 Å². The fourth-order valence-corrected chi connectivity index (χ4v) is 6.12. The minimum atomic E-state index is -3.59. The summed E-state index contributed by atoms with van der Waals surface area (Å²) in [5.74, 6) is -1.37. The van der Waals surface area contributed by atoms with Gasteiger partial charge in [-0.1, -0.05) is 36.4 Å². The number of piperidine rings is 1.